The molecular formula is C30H27IN2O2. The number of benzene rings is 4. The molecule has 4 aromatic carbocycles. The zero-order chi connectivity index (χ0) is 24.7. The Morgan fingerprint density at radius 2 is 1.23 bits per heavy atom. The number of nitrogens with two attached hydrogens (primary N) is 1. The highest BCUT2D eigenvalue weighted by Gasteiger charge is 2.39. The van der Waals surface area contributed by atoms with Crippen molar-refractivity contribution in [3.05, 3.63) is 141 Å². The average molecular weight is 574 g/mol. The minimum atomic E-state index is -0.805. The third kappa shape index (κ3) is 5.80. The zero-order valence-corrected chi connectivity index (χ0v) is 21.4. The molecular weight excluding hydrogens is 547 g/mol. The molecule has 176 valence electrons. The second-order valence-electron chi connectivity index (χ2n) is 8.54. The predicted octanol–water partition coefficient (Wildman–Crippen LogP) is 5.23. The predicted molar refractivity (Wildman–Crippen MR) is 148 cm³/mol. The number of hydrogen-bond donors (Lipinski definition) is 2. The van der Waals surface area contributed by atoms with E-state index in [-0.39, 0.29) is 12.3 Å². The van der Waals surface area contributed by atoms with Crippen molar-refractivity contribution in [2.45, 2.75) is 24.3 Å². The van der Waals surface area contributed by atoms with Crippen molar-refractivity contribution in [3.63, 3.8) is 0 Å². The summed E-state index contributed by atoms with van der Waals surface area (Å²) >= 11 is 2.23. The van der Waals surface area contributed by atoms with E-state index < -0.39 is 17.4 Å². The van der Waals surface area contributed by atoms with Crippen molar-refractivity contribution >= 4 is 34.4 Å². The van der Waals surface area contributed by atoms with E-state index in [2.05, 4.69) is 27.9 Å². The highest BCUT2D eigenvalue weighted by Crippen LogP contribution is 2.42. The molecule has 4 nitrogen and oxygen atoms in total. The number of carbonyl (C=O) groups excluding carboxylic acids is 2. The highest BCUT2D eigenvalue weighted by molar-refractivity contribution is 14.1. The monoisotopic (exact) mass is 574 g/mol. The third-order valence-corrected chi connectivity index (χ3v) is 6.90. The van der Waals surface area contributed by atoms with E-state index in [1.807, 2.05) is 115 Å². The van der Waals surface area contributed by atoms with Crippen LogP contribution in [0.5, 0.6) is 0 Å². The molecule has 1 atom stereocenters. The summed E-state index contributed by atoms with van der Waals surface area (Å²) in [6.07, 6.45) is 0.466. The van der Waals surface area contributed by atoms with Crippen LogP contribution in [0.2, 0.25) is 0 Å². The molecule has 0 radical (unpaired) electrons. The molecule has 0 saturated heterocycles. The summed E-state index contributed by atoms with van der Waals surface area (Å²) < 4.78 is 1.06. The maximum atomic E-state index is 13.6. The first-order valence-corrected chi connectivity index (χ1v) is 12.6. The van der Waals surface area contributed by atoms with Crippen molar-refractivity contribution in [2.24, 2.45) is 5.73 Å². The Bertz CT molecular complexity index is 1180. The SMILES string of the molecule is NC(=O)[C@@H](Cc1cccc(I)c1)NC(=O)CC(c1ccccc1)(c1ccccc1)c1ccccc1. The number of nitrogens with one attached hydrogen (secondary N) is 1. The van der Waals surface area contributed by atoms with Gasteiger partial charge in [-0.15, -0.1) is 0 Å². The molecule has 0 heterocycles. The molecule has 5 heteroatoms. The Kier molecular flexibility index (Phi) is 7.98. The smallest absolute Gasteiger partial charge is 0.240 e. The van der Waals surface area contributed by atoms with Crippen LogP contribution >= 0.6 is 22.6 Å². The van der Waals surface area contributed by atoms with Crippen molar-refractivity contribution in [2.75, 3.05) is 0 Å². The molecule has 4 aromatic rings. The lowest BCUT2D eigenvalue weighted by atomic mass is 9.67. The van der Waals surface area contributed by atoms with Gasteiger partial charge in [0.2, 0.25) is 11.8 Å². The third-order valence-electron chi connectivity index (χ3n) is 6.23. The van der Waals surface area contributed by atoms with E-state index in [9.17, 15) is 9.59 Å². The standard InChI is InChI=1S/C30H27IN2O2/c31-26-18-10-11-22(19-26)20-27(29(32)35)33-28(34)21-30(23-12-4-1-5-13-23,24-14-6-2-7-15-24)25-16-8-3-9-17-25/h1-19,27H,20-21H2,(H2,32,35)(H,33,34)/t27-/m1/s1. The Morgan fingerprint density at radius 3 is 1.66 bits per heavy atom. The molecule has 35 heavy (non-hydrogen) atoms. The lowest BCUT2D eigenvalue weighted by molar-refractivity contribution is -0.127. The second-order valence-corrected chi connectivity index (χ2v) is 9.78. The minimum absolute atomic E-state index is 0.126. The lowest BCUT2D eigenvalue weighted by Crippen LogP contribution is -2.48. The van der Waals surface area contributed by atoms with Gasteiger partial charge in [-0.3, -0.25) is 9.59 Å². The molecule has 0 aliphatic carbocycles. The Balaban J connectivity index is 1.73. The van der Waals surface area contributed by atoms with E-state index in [1.165, 1.54) is 0 Å². The first-order valence-electron chi connectivity index (χ1n) is 11.5. The van der Waals surface area contributed by atoms with E-state index in [0.29, 0.717) is 6.42 Å². The van der Waals surface area contributed by atoms with E-state index in [1.54, 1.807) is 0 Å². The van der Waals surface area contributed by atoms with Crippen LogP contribution in [0, 0.1) is 3.57 Å². The van der Waals surface area contributed by atoms with Crippen molar-refractivity contribution < 1.29 is 9.59 Å². The largest absolute Gasteiger partial charge is 0.368 e. The number of rotatable bonds is 9. The Morgan fingerprint density at radius 1 is 0.743 bits per heavy atom. The topological polar surface area (TPSA) is 72.2 Å². The first-order chi connectivity index (χ1) is 17.0. The molecule has 0 fully saturated rings. The summed E-state index contributed by atoms with van der Waals surface area (Å²) in [5.41, 5.74) is 8.92. The molecule has 0 spiro atoms. The quantitative estimate of drug-likeness (QED) is 0.212. The van der Waals surface area contributed by atoms with Crippen molar-refractivity contribution in [3.8, 4) is 0 Å². The van der Waals surface area contributed by atoms with E-state index >= 15 is 0 Å². The maximum absolute atomic E-state index is 13.6. The molecule has 4 rings (SSSR count). The molecule has 0 unspecified atom stereocenters. The van der Waals surface area contributed by atoms with Crippen molar-refractivity contribution in [1.29, 1.82) is 0 Å². The van der Waals surface area contributed by atoms with Crippen LogP contribution in [0.3, 0.4) is 0 Å². The fourth-order valence-corrected chi connectivity index (χ4v) is 5.19. The van der Waals surface area contributed by atoms with Gasteiger partial charge >= 0.3 is 0 Å². The van der Waals surface area contributed by atoms with Crippen LogP contribution in [0.1, 0.15) is 28.7 Å². The lowest BCUT2D eigenvalue weighted by Gasteiger charge is -2.36. The fraction of sp³-hybridized carbons (Fsp3) is 0.133. The van der Waals surface area contributed by atoms with Gasteiger partial charge in [0.05, 0.1) is 5.41 Å². The van der Waals surface area contributed by atoms with Gasteiger partial charge in [-0.05, 0) is 57.0 Å². The highest BCUT2D eigenvalue weighted by atomic mass is 127. The maximum Gasteiger partial charge on any atom is 0.240 e. The van der Waals surface area contributed by atoms with Crippen LogP contribution in [-0.2, 0) is 21.4 Å². The molecule has 2 amide bonds. The number of halogens is 1. The molecule has 0 aliphatic rings. The summed E-state index contributed by atoms with van der Waals surface area (Å²) in [5.74, 6) is -0.794. The van der Waals surface area contributed by atoms with Gasteiger partial charge in [0.25, 0.3) is 0 Å². The fourth-order valence-electron chi connectivity index (χ4n) is 4.58. The molecule has 0 aliphatic heterocycles. The van der Waals surface area contributed by atoms with Crippen molar-refractivity contribution in [1.82, 2.24) is 5.32 Å². The van der Waals surface area contributed by atoms with Crippen LogP contribution in [0.15, 0.2) is 115 Å². The molecule has 0 bridgehead atoms. The van der Waals surface area contributed by atoms with Crippen LogP contribution in [0.4, 0.5) is 0 Å². The number of primary amides is 1. The number of amides is 2. The normalized spacial score (nSPS) is 12.0. The second kappa shape index (κ2) is 11.3. The van der Waals surface area contributed by atoms with Gasteiger partial charge in [0.15, 0.2) is 0 Å². The van der Waals surface area contributed by atoms with Gasteiger partial charge in [0, 0.05) is 16.4 Å². The summed E-state index contributed by atoms with van der Waals surface area (Å²) in [4.78, 5) is 25.9. The van der Waals surface area contributed by atoms with E-state index in [0.717, 1.165) is 25.8 Å². The number of hydrogen-bond acceptors (Lipinski definition) is 2. The Hall–Kier alpha value is -3.45. The van der Waals surface area contributed by atoms with Crippen LogP contribution in [-0.4, -0.2) is 17.9 Å². The Labute approximate surface area is 219 Å². The average Bonchev–Trinajstić information content (AvgIpc) is 2.88. The van der Waals surface area contributed by atoms with Crippen LogP contribution < -0.4 is 11.1 Å². The van der Waals surface area contributed by atoms with E-state index in [4.69, 9.17) is 5.73 Å². The minimum Gasteiger partial charge on any atom is -0.368 e. The summed E-state index contributed by atoms with van der Waals surface area (Å²) in [6, 6.07) is 37.1. The van der Waals surface area contributed by atoms with Crippen LogP contribution in [0.25, 0.3) is 0 Å². The van der Waals surface area contributed by atoms with Gasteiger partial charge in [-0.2, -0.15) is 0 Å². The summed E-state index contributed by atoms with van der Waals surface area (Å²) in [7, 11) is 0. The van der Waals surface area contributed by atoms with Gasteiger partial charge in [-0.1, -0.05) is 103 Å². The van der Waals surface area contributed by atoms with Gasteiger partial charge < -0.3 is 11.1 Å². The molecule has 0 aromatic heterocycles. The van der Waals surface area contributed by atoms with Gasteiger partial charge in [-0.25, -0.2) is 0 Å². The summed E-state index contributed by atoms with van der Waals surface area (Å²) in [6.45, 7) is 0. The van der Waals surface area contributed by atoms with Gasteiger partial charge in [0.1, 0.15) is 6.04 Å². The molecule has 0 saturated carbocycles. The number of carbonyl (C=O) groups is 2. The molecule has 3 N–H and O–H groups in total. The first kappa shape index (κ1) is 24.7. The zero-order valence-electron chi connectivity index (χ0n) is 19.2. The summed E-state index contributed by atoms with van der Waals surface area (Å²) in [5, 5.41) is 2.93.